The lowest BCUT2D eigenvalue weighted by Crippen LogP contribution is -2.15. The molecule has 5 rings (SSSR count). The van der Waals surface area contributed by atoms with E-state index in [1.165, 1.54) is 5.56 Å². The molecule has 0 amide bonds. The summed E-state index contributed by atoms with van der Waals surface area (Å²) in [7, 11) is 6.27. The maximum absolute atomic E-state index is 12.5. The van der Waals surface area contributed by atoms with Crippen LogP contribution in [0.4, 0.5) is 0 Å². The number of ketones is 1. The average Bonchev–Trinajstić information content (AvgIpc) is 3.15. The number of dihydropyridines is 1. The van der Waals surface area contributed by atoms with Crippen LogP contribution in [0.2, 0.25) is 0 Å². The van der Waals surface area contributed by atoms with E-state index in [-0.39, 0.29) is 17.5 Å². The Morgan fingerprint density at radius 2 is 1.62 bits per heavy atom. The van der Waals surface area contributed by atoms with Crippen LogP contribution in [0, 0.1) is 5.92 Å². The zero-order valence-corrected chi connectivity index (χ0v) is 22.0. The fourth-order valence-corrected chi connectivity index (χ4v) is 5.09. The molecule has 0 saturated carbocycles. The Labute approximate surface area is 231 Å². The highest BCUT2D eigenvalue weighted by atomic mass is 16.3. The number of carbonyl (C=O) groups excluding carboxylic acids is 1. The van der Waals surface area contributed by atoms with Gasteiger partial charge in [-0.05, 0) is 65.3 Å². The maximum Gasteiger partial charge on any atom is 0.137 e. The van der Waals surface area contributed by atoms with E-state index in [9.17, 15) is 9.90 Å². The SMILES string of the molecule is [B]C1=C2N=C(c3ccccc3O)C=C(C(=C)Cc3ccc(CC(=O)CCc4ccccc4)cc3)CC2CN=C1. The van der Waals surface area contributed by atoms with Gasteiger partial charge in [-0.3, -0.25) is 14.8 Å². The number of aryl methyl sites for hydroxylation is 1. The van der Waals surface area contributed by atoms with Crippen LogP contribution in [0.5, 0.6) is 5.75 Å². The summed E-state index contributed by atoms with van der Waals surface area (Å²) in [4.78, 5) is 21.8. The number of fused-ring (bicyclic) bond motifs is 1. The molecule has 2 radical (unpaired) electrons. The second-order valence-electron chi connectivity index (χ2n) is 10.2. The van der Waals surface area contributed by atoms with Gasteiger partial charge in [0, 0.05) is 42.8 Å². The van der Waals surface area contributed by atoms with Crippen molar-refractivity contribution in [1.82, 2.24) is 0 Å². The highest BCUT2D eigenvalue weighted by Gasteiger charge is 2.25. The van der Waals surface area contributed by atoms with Gasteiger partial charge in [-0.15, -0.1) is 0 Å². The fraction of sp³-hybridized carbons (Fsp3) is 0.206. The largest absolute Gasteiger partial charge is 0.507 e. The lowest BCUT2D eigenvalue weighted by atomic mass is 9.83. The molecule has 0 aliphatic carbocycles. The number of hydrogen-bond donors (Lipinski definition) is 1. The van der Waals surface area contributed by atoms with Gasteiger partial charge in [0.15, 0.2) is 0 Å². The third-order valence-corrected chi connectivity index (χ3v) is 7.27. The van der Waals surface area contributed by atoms with E-state index in [2.05, 4.69) is 35.8 Å². The topological polar surface area (TPSA) is 62.0 Å². The smallest absolute Gasteiger partial charge is 0.137 e. The zero-order valence-electron chi connectivity index (χ0n) is 22.0. The Balaban J connectivity index is 1.28. The molecule has 192 valence electrons. The van der Waals surface area contributed by atoms with Gasteiger partial charge in [0.05, 0.1) is 5.71 Å². The first kappa shape index (κ1) is 26.4. The number of phenolic OH excluding ortho intramolecular Hbond substituents is 1. The summed E-state index contributed by atoms with van der Waals surface area (Å²) < 4.78 is 0. The molecule has 1 unspecified atom stereocenters. The lowest BCUT2D eigenvalue weighted by Gasteiger charge is -2.21. The molecule has 39 heavy (non-hydrogen) atoms. The van der Waals surface area contributed by atoms with Crippen LogP contribution in [-0.2, 0) is 24.1 Å². The van der Waals surface area contributed by atoms with E-state index < -0.39 is 0 Å². The minimum atomic E-state index is 0.0608. The molecule has 0 bridgehead atoms. The molecule has 1 N–H and O–H groups in total. The molecular formula is C34H31BN2O2. The number of hydrogen-bond acceptors (Lipinski definition) is 4. The van der Waals surface area contributed by atoms with Crippen LogP contribution < -0.4 is 0 Å². The first-order valence-electron chi connectivity index (χ1n) is 13.3. The van der Waals surface area contributed by atoms with Crippen LogP contribution in [0.15, 0.2) is 124 Å². The monoisotopic (exact) mass is 510 g/mol. The molecule has 0 aromatic heterocycles. The van der Waals surface area contributed by atoms with E-state index in [0.29, 0.717) is 42.6 Å². The van der Waals surface area contributed by atoms with Crippen molar-refractivity contribution >= 4 is 25.6 Å². The first-order chi connectivity index (χ1) is 19.0. The molecular weight excluding hydrogens is 479 g/mol. The van der Waals surface area contributed by atoms with Gasteiger partial charge in [0.2, 0.25) is 0 Å². The van der Waals surface area contributed by atoms with Gasteiger partial charge in [0.25, 0.3) is 0 Å². The van der Waals surface area contributed by atoms with E-state index in [0.717, 1.165) is 40.8 Å². The summed E-state index contributed by atoms with van der Waals surface area (Å²) in [5.41, 5.74) is 8.10. The molecule has 3 aromatic rings. The molecule has 0 fully saturated rings. The Bertz CT molecular complexity index is 1500. The van der Waals surface area contributed by atoms with Crippen LogP contribution in [0.1, 0.15) is 35.1 Å². The summed E-state index contributed by atoms with van der Waals surface area (Å²) >= 11 is 0. The molecule has 5 heteroatoms. The van der Waals surface area contributed by atoms with Gasteiger partial charge < -0.3 is 5.11 Å². The standard InChI is InChI=1S/C34H31BN2O2/c1-23(17-25-11-13-26(14-12-25)18-29(38)16-15-24-7-3-2-4-8-24)27-19-28-21-36-22-31(35)34(28)37-32(20-27)30-9-5-6-10-33(30)39/h2-14,20,22,28,39H,1,15-19,21H2. The third kappa shape index (κ3) is 6.61. The van der Waals surface area contributed by atoms with Gasteiger partial charge in [0.1, 0.15) is 19.4 Å². The fourth-order valence-electron chi connectivity index (χ4n) is 5.09. The highest BCUT2D eigenvalue weighted by molar-refractivity contribution is 6.33. The summed E-state index contributed by atoms with van der Waals surface area (Å²) in [6.45, 7) is 5.04. The normalized spacial score (nSPS) is 16.7. The predicted molar refractivity (Wildman–Crippen MR) is 160 cm³/mol. The second-order valence-corrected chi connectivity index (χ2v) is 10.2. The number of nitrogens with zero attached hydrogens (tertiary/aromatic N) is 2. The van der Waals surface area contributed by atoms with E-state index in [4.69, 9.17) is 12.8 Å². The second kappa shape index (κ2) is 12.1. The number of para-hydroxylation sites is 1. The van der Waals surface area contributed by atoms with Crippen LogP contribution in [-0.4, -0.2) is 37.2 Å². The lowest BCUT2D eigenvalue weighted by molar-refractivity contribution is -0.118. The van der Waals surface area contributed by atoms with Crippen LogP contribution in [0.3, 0.4) is 0 Å². The minimum Gasteiger partial charge on any atom is -0.507 e. The molecule has 0 saturated heterocycles. The average molecular weight is 510 g/mol. The van der Waals surface area contributed by atoms with Crippen molar-refractivity contribution in [1.29, 1.82) is 0 Å². The Morgan fingerprint density at radius 1 is 0.923 bits per heavy atom. The summed E-state index contributed by atoms with van der Waals surface area (Å²) in [6, 6.07) is 25.6. The van der Waals surface area contributed by atoms with Crippen molar-refractivity contribution in [3.8, 4) is 5.75 Å². The highest BCUT2D eigenvalue weighted by Crippen LogP contribution is 2.34. The summed E-state index contributed by atoms with van der Waals surface area (Å²) in [5.74, 6) is 0.480. The molecule has 1 atom stereocenters. The molecule has 0 spiro atoms. The Morgan fingerprint density at radius 3 is 2.36 bits per heavy atom. The molecule has 2 aliphatic rings. The van der Waals surface area contributed by atoms with Gasteiger partial charge >= 0.3 is 0 Å². The zero-order chi connectivity index (χ0) is 27.2. The van der Waals surface area contributed by atoms with Crippen molar-refractivity contribution < 1.29 is 9.90 Å². The van der Waals surface area contributed by atoms with Crippen molar-refractivity contribution in [3.05, 3.63) is 136 Å². The van der Waals surface area contributed by atoms with Crippen molar-refractivity contribution in [2.24, 2.45) is 15.9 Å². The van der Waals surface area contributed by atoms with Crippen molar-refractivity contribution in [2.75, 3.05) is 6.54 Å². The number of carbonyl (C=O) groups is 1. The number of benzene rings is 3. The maximum atomic E-state index is 12.5. The molecule has 2 aliphatic heterocycles. The Kier molecular flexibility index (Phi) is 8.17. The number of aromatic hydroxyl groups is 1. The van der Waals surface area contributed by atoms with Gasteiger partial charge in [-0.1, -0.05) is 78.8 Å². The van der Waals surface area contributed by atoms with Crippen LogP contribution in [0.25, 0.3) is 0 Å². The van der Waals surface area contributed by atoms with Gasteiger partial charge in [-0.25, -0.2) is 0 Å². The summed E-state index contributed by atoms with van der Waals surface area (Å²) in [5, 5.41) is 10.5. The quantitative estimate of drug-likeness (QED) is 0.352. The number of phenols is 1. The summed E-state index contributed by atoms with van der Waals surface area (Å²) in [6.07, 6.45) is 6.85. The van der Waals surface area contributed by atoms with E-state index in [1.54, 1.807) is 18.3 Å². The molecule has 2 heterocycles. The third-order valence-electron chi connectivity index (χ3n) is 7.27. The number of Topliss-reactive ketones (excluding diaryl/α,β-unsaturated/α-hetero) is 1. The molecule has 4 nitrogen and oxygen atoms in total. The van der Waals surface area contributed by atoms with E-state index >= 15 is 0 Å². The van der Waals surface area contributed by atoms with Crippen LogP contribution >= 0.6 is 0 Å². The van der Waals surface area contributed by atoms with Crippen molar-refractivity contribution in [2.45, 2.75) is 32.1 Å². The first-order valence-corrected chi connectivity index (χ1v) is 13.3. The minimum absolute atomic E-state index is 0.0608. The van der Waals surface area contributed by atoms with E-state index in [1.807, 2.05) is 48.5 Å². The Hall–Kier alpha value is -4.25. The van der Waals surface area contributed by atoms with Gasteiger partial charge in [-0.2, -0.15) is 0 Å². The number of allylic oxidation sites excluding steroid dienone is 4. The predicted octanol–water partition coefficient (Wildman–Crippen LogP) is 6.14. The number of aliphatic imine (C=N–C) groups is 2. The number of rotatable bonds is 9. The molecule has 3 aromatic carbocycles. The van der Waals surface area contributed by atoms with Crippen molar-refractivity contribution in [3.63, 3.8) is 0 Å².